The number of amides is 1. The molecule has 0 saturated carbocycles. The van der Waals surface area contributed by atoms with Crippen molar-refractivity contribution in [3.05, 3.63) is 27.2 Å². The molecule has 80 valence electrons. The highest BCUT2D eigenvalue weighted by Gasteiger charge is 2.26. The van der Waals surface area contributed by atoms with Crippen molar-refractivity contribution in [2.45, 2.75) is 6.42 Å². The molecule has 0 fully saturated rings. The zero-order valence-corrected chi connectivity index (χ0v) is 10.9. The SMILES string of the molecule is O=C(CCl)N1CCc2cc(Cl)cc(Br)c21. The van der Waals surface area contributed by atoms with Crippen molar-refractivity contribution in [3.63, 3.8) is 0 Å². The van der Waals surface area contributed by atoms with Gasteiger partial charge in [-0.3, -0.25) is 4.79 Å². The maximum absolute atomic E-state index is 11.6. The highest BCUT2D eigenvalue weighted by atomic mass is 79.9. The Morgan fingerprint density at radius 2 is 2.27 bits per heavy atom. The minimum absolute atomic E-state index is 0.00844. The highest BCUT2D eigenvalue weighted by Crippen LogP contribution is 2.37. The van der Waals surface area contributed by atoms with Gasteiger partial charge in [0.25, 0.3) is 0 Å². The van der Waals surface area contributed by atoms with Crippen molar-refractivity contribution in [2.75, 3.05) is 17.3 Å². The third-order valence-electron chi connectivity index (χ3n) is 2.40. The monoisotopic (exact) mass is 307 g/mol. The summed E-state index contributed by atoms with van der Waals surface area (Å²) < 4.78 is 0.848. The van der Waals surface area contributed by atoms with Crippen molar-refractivity contribution < 1.29 is 4.79 Å². The Hall–Kier alpha value is -0.250. The summed E-state index contributed by atoms with van der Waals surface area (Å²) in [6, 6.07) is 3.68. The van der Waals surface area contributed by atoms with Crippen LogP contribution < -0.4 is 4.90 Å². The number of halogens is 3. The van der Waals surface area contributed by atoms with Gasteiger partial charge in [0, 0.05) is 16.0 Å². The topological polar surface area (TPSA) is 20.3 Å². The number of alkyl halides is 1. The summed E-state index contributed by atoms with van der Waals surface area (Å²) in [4.78, 5) is 13.3. The Kier molecular flexibility index (Phi) is 3.24. The molecule has 0 atom stereocenters. The molecule has 0 unspecified atom stereocenters. The van der Waals surface area contributed by atoms with Crippen LogP contribution in [0.2, 0.25) is 5.02 Å². The zero-order valence-electron chi connectivity index (χ0n) is 7.77. The van der Waals surface area contributed by atoms with Crippen molar-refractivity contribution in [2.24, 2.45) is 0 Å². The van der Waals surface area contributed by atoms with Gasteiger partial charge in [-0.1, -0.05) is 11.6 Å². The first-order chi connectivity index (χ1) is 7.13. The van der Waals surface area contributed by atoms with Crippen molar-refractivity contribution in [3.8, 4) is 0 Å². The quantitative estimate of drug-likeness (QED) is 0.729. The van der Waals surface area contributed by atoms with E-state index in [0.29, 0.717) is 11.6 Å². The first kappa shape index (κ1) is 11.2. The van der Waals surface area contributed by atoms with E-state index >= 15 is 0 Å². The molecule has 1 aromatic carbocycles. The van der Waals surface area contributed by atoms with Crippen LogP contribution in [0.1, 0.15) is 5.56 Å². The minimum Gasteiger partial charge on any atom is -0.310 e. The molecular weight excluding hydrogens is 301 g/mol. The average molecular weight is 309 g/mol. The fourth-order valence-corrected chi connectivity index (χ4v) is 3.01. The molecule has 0 spiro atoms. The summed E-state index contributed by atoms with van der Waals surface area (Å²) in [6.07, 6.45) is 0.830. The number of fused-ring (bicyclic) bond motifs is 1. The van der Waals surface area contributed by atoms with Gasteiger partial charge in [0.1, 0.15) is 5.88 Å². The van der Waals surface area contributed by atoms with E-state index < -0.39 is 0 Å². The fourth-order valence-electron chi connectivity index (χ4n) is 1.78. The lowest BCUT2D eigenvalue weighted by Crippen LogP contribution is -2.30. The molecule has 15 heavy (non-hydrogen) atoms. The summed E-state index contributed by atoms with van der Waals surface area (Å²) in [5.74, 6) is -0.0625. The van der Waals surface area contributed by atoms with E-state index in [-0.39, 0.29) is 11.8 Å². The van der Waals surface area contributed by atoms with Crippen molar-refractivity contribution >= 4 is 50.7 Å². The predicted octanol–water partition coefficient (Wildman–Crippen LogP) is 3.23. The third-order valence-corrected chi connectivity index (χ3v) is 3.45. The van der Waals surface area contributed by atoms with Crippen LogP contribution in [-0.4, -0.2) is 18.3 Å². The van der Waals surface area contributed by atoms with E-state index in [1.54, 1.807) is 11.0 Å². The van der Waals surface area contributed by atoms with E-state index in [9.17, 15) is 4.79 Å². The maximum Gasteiger partial charge on any atom is 0.241 e. The number of rotatable bonds is 1. The normalized spacial score (nSPS) is 14.2. The Morgan fingerprint density at radius 1 is 1.53 bits per heavy atom. The molecule has 1 aromatic rings. The Morgan fingerprint density at radius 3 is 2.93 bits per heavy atom. The Balaban J connectivity index is 2.46. The number of benzene rings is 1. The second kappa shape index (κ2) is 4.32. The average Bonchev–Trinajstić information content (AvgIpc) is 2.60. The summed E-state index contributed by atoms with van der Waals surface area (Å²) in [5.41, 5.74) is 2.00. The number of anilines is 1. The molecule has 2 rings (SSSR count). The van der Waals surface area contributed by atoms with Gasteiger partial charge < -0.3 is 4.90 Å². The molecule has 2 nitrogen and oxygen atoms in total. The van der Waals surface area contributed by atoms with E-state index in [0.717, 1.165) is 22.1 Å². The molecule has 1 aliphatic rings. The molecule has 1 amide bonds. The van der Waals surface area contributed by atoms with Crippen LogP contribution in [0.15, 0.2) is 16.6 Å². The van der Waals surface area contributed by atoms with Gasteiger partial charge in [0.2, 0.25) is 5.91 Å². The summed E-state index contributed by atoms with van der Waals surface area (Å²) in [5, 5.41) is 0.681. The molecular formula is C10H8BrCl2NO. The van der Waals surface area contributed by atoms with Crippen molar-refractivity contribution in [1.82, 2.24) is 0 Å². The molecule has 0 N–H and O–H groups in total. The van der Waals surface area contributed by atoms with Gasteiger partial charge in [-0.05, 0) is 40.0 Å². The second-order valence-corrected chi connectivity index (χ2v) is 4.88. The van der Waals surface area contributed by atoms with Crippen LogP contribution in [0, 0.1) is 0 Å². The molecule has 0 aliphatic carbocycles. The van der Waals surface area contributed by atoms with Crippen LogP contribution in [0.4, 0.5) is 5.69 Å². The zero-order chi connectivity index (χ0) is 11.0. The standard InChI is InChI=1S/C10H8BrCl2NO/c11-8-4-7(13)3-6-1-2-14(10(6)8)9(15)5-12/h3-4H,1-2,5H2. The lowest BCUT2D eigenvalue weighted by molar-refractivity contribution is -0.116. The molecule has 0 saturated heterocycles. The lowest BCUT2D eigenvalue weighted by Gasteiger charge is -2.17. The number of carbonyl (C=O) groups excluding carboxylic acids is 1. The smallest absolute Gasteiger partial charge is 0.241 e. The van der Waals surface area contributed by atoms with Gasteiger partial charge in [-0.15, -0.1) is 11.6 Å². The van der Waals surface area contributed by atoms with Gasteiger partial charge in [-0.2, -0.15) is 0 Å². The van der Waals surface area contributed by atoms with Crippen LogP contribution >= 0.6 is 39.1 Å². The van der Waals surface area contributed by atoms with Gasteiger partial charge >= 0.3 is 0 Å². The fraction of sp³-hybridized carbons (Fsp3) is 0.300. The Bertz CT molecular complexity index is 422. The van der Waals surface area contributed by atoms with E-state index in [4.69, 9.17) is 23.2 Å². The number of hydrogen-bond donors (Lipinski definition) is 0. The number of nitrogens with zero attached hydrogens (tertiary/aromatic N) is 1. The molecule has 0 bridgehead atoms. The first-order valence-electron chi connectivity index (χ1n) is 4.47. The Labute approximate surface area is 106 Å². The van der Waals surface area contributed by atoms with Gasteiger partial charge in [-0.25, -0.2) is 0 Å². The van der Waals surface area contributed by atoms with Gasteiger partial charge in [0.15, 0.2) is 0 Å². The van der Waals surface area contributed by atoms with Crippen LogP contribution in [0.5, 0.6) is 0 Å². The van der Waals surface area contributed by atoms with Gasteiger partial charge in [0.05, 0.1) is 5.69 Å². The first-order valence-corrected chi connectivity index (χ1v) is 6.18. The third kappa shape index (κ3) is 2.01. The summed E-state index contributed by atoms with van der Waals surface area (Å²) in [6.45, 7) is 0.680. The second-order valence-electron chi connectivity index (χ2n) is 3.32. The maximum atomic E-state index is 11.6. The van der Waals surface area contributed by atoms with E-state index in [2.05, 4.69) is 15.9 Å². The largest absolute Gasteiger partial charge is 0.310 e. The van der Waals surface area contributed by atoms with Crippen LogP contribution in [0.3, 0.4) is 0 Å². The summed E-state index contributed by atoms with van der Waals surface area (Å²) >= 11 is 14.9. The summed E-state index contributed by atoms with van der Waals surface area (Å²) in [7, 11) is 0. The molecule has 5 heteroatoms. The van der Waals surface area contributed by atoms with Crippen molar-refractivity contribution in [1.29, 1.82) is 0 Å². The van der Waals surface area contributed by atoms with Crippen LogP contribution in [0.25, 0.3) is 0 Å². The number of hydrogen-bond acceptors (Lipinski definition) is 1. The molecule has 0 aromatic heterocycles. The molecule has 0 radical (unpaired) electrons. The number of carbonyl (C=O) groups is 1. The predicted molar refractivity (Wildman–Crippen MR) is 65.9 cm³/mol. The van der Waals surface area contributed by atoms with E-state index in [1.165, 1.54) is 0 Å². The minimum atomic E-state index is -0.0709. The molecule has 1 aliphatic heterocycles. The molecule has 1 heterocycles. The van der Waals surface area contributed by atoms with Crippen LogP contribution in [-0.2, 0) is 11.2 Å². The highest BCUT2D eigenvalue weighted by molar-refractivity contribution is 9.10. The van der Waals surface area contributed by atoms with E-state index in [1.807, 2.05) is 6.07 Å². The lowest BCUT2D eigenvalue weighted by atomic mass is 10.2.